The Morgan fingerprint density at radius 1 is 1.37 bits per heavy atom. The first-order valence-electron chi connectivity index (χ1n) is 6.37. The normalized spacial score (nSPS) is 12.4. The predicted molar refractivity (Wildman–Crippen MR) is 79.1 cm³/mol. The summed E-state index contributed by atoms with van der Waals surface area (Å²) in [6.45, 7) is 3.46. The molecule has 0 saturated carbocycles. The Bertz CT molecular complexity index is 513. The summed E-state index contributed by atoms with van der Waals surface area (Å²) in [4.78, 5) is 0. The summed E-state index contributed by atoms with van der Waals surface area (Å²) in [7, 11) is 0. The number of hydrogen-bond acceptors (Lipinski definition) is 3. The second-order valence-corrected chi connectivity index (χ2v) is 5.10. The van der Waals surface area contributed by atoms with Crippen molar-refractivity contribution in [3.05, 3.63) is 46.7 Å². The molecule has 0 spiro atoms. The van der Waals surface area contributed by atoms with Crippen LogP contribution in [0.15, 0.2) is 41.0 Å². The minimum absolute atomic E-state index is 0.0828. The van der Waals surface area contributed by atoms with Crippen LogP contribution in [-0.4, -0.2) is 16.4 Å². The SMILES string of the molecule is CCn1ncc(Br)c1C(N)CCOc1ccccc1. The average molecular weight is 324 g/mol. The maximum Gasteiger partial charge on any atom is 0.119 e. The minimum Gasteiger partial charge on any atom is -0.494 e. The first kappa shape index (κ1) is 14.1. The number of benzene rings is 1. The second-order valence-electron chi connectivity index (χ2n) is 4.25. The molecule has 1 heterocycles. The number of aromatic nitrogens is 2. The van der Waals surface area contributed by atoms with Gasteiger partial charge < -0.3 is 10.5 Å². The van der Waals surface area contributed by atoms with Crippen molar-refractivity contribution in [1.29, 1.82) is 0 Å². The molecule has 5 heteroatoms. The molecule has 4 nitrogen and oxygen atoms in total. The molecule has 0 aliphatic carbocycles. The van der Waals surface area contributed by atoms with Crippen molar-refractivity contribution in [3.63, 3.8) is 0 Å². The van der Waals surface area contributed by atoms with Crippen molar-refractivity contribution in [1.82, 2.24) is 9.78 Å². The van der Waals surface area contributed by atoms with Crippen LogP contribution in [0.4, 0.5) is 0 Å². The molecule has 0 aliphatic heterocycles. The molecule has 0 aliphatic rings. The Morgan fingerprint density at radius 3 is 2.79 bits per heavy atom. The second kappa shape index (κ2) is 6.73. The first-order valence-corrected chi connectivity index (χ1v) is 7.16. The number of halogens is 1. The number of para-hydroxylation sites is 1. The number of nitrogens with zero attached hydrogens (tertiary/aromatic N) is 2. The number of aryl methyl sites for hydroxylation is 1. The van der Waals surface area contributed by atoms with Gasteiger partial charge >= 0.3 is 0 Å². The van der Waals surface area contributed by atoms with Crippen LogP contribution >= 0.6 is 15.9 Å². The van der Waals surface area contributed by atoms with Gasteiger partial charge in [-0.05, 0) is 35.0 Å². The molecule has 2 rings (SSSR count). The van der Waals surface area contributed by atoms with E-state index in [0.29, 0.717) is 6.61 Å². The lowest BCUT2D eigenvalue weighted by Crippen LogP contribution is -2.19. The van der Waals surface area contributed by atoms with E-state index in [-0.39, 0.29) is 6.04 Å². The molecule has 1 atom stereocenters. The molecule has 1 aromatic carbocycles. The third kappa shape index (κ3) is 3.58. The molecular weight excluding hydrogens is 306 g/mol. The quantitative estimate of drug-likeness (QED) is 0.888. The van der Waals surface area contributed by atoms with Gasteiger partial charge in [0, 0.05) is 13.0 Å². The van der Waals surface area contributed by atoms with Crippen molar-refractivity contribution < 1.29 is 4.74 Å². The third-order valence-corrected chi connectivity index (χ3v) is 3.54. The van der Waals surface area contributed by atoms with Crippen molar-refractivity contribution in [2.24, 2.45) is 5.73 Å². The van der Waals surface area contributed by atoms with Crippen LogP contribution in [0.2, 0.25) is 0 Å². The van der Waals surface area contributed by atoms with E-state index < -0.39 is 0 Å². The van der Waals surface area contributed by atoms with Gasteiger partial charge in [-0.1, -0.05) is 18.2 Å². The van der Waals surface area contributed by atoms with Crippen LogP contribution in [0.1, 0.15) is 25.1 Å². The maximum atomic E-state index is 6.21. The lowest BCUT2D eigenvalue weighted by Gasteiger charge is -2.14. The summed E-state index contributed by atoms with van der Waals surface area (Å²) in [6, 6.07) is 9.68. The van der Waals surface area contributed by atoms with Crippen molar-refractivity contribution in [2.75, 3.05) is 6.61 Å². The Hall–Kier alpha value is -1.33. The van der Waals surface area contributed by atoms with Gasteiger partial charge in [0.15, 0.2) is 0 Å². The highest BCUT2D eigenvalue weighted by atomic mass is 79.9. The molecule has 2 aromatic rings. The summed E-state index contributed by atoms with van der Waals surface area (Å²) in [6.07, 6.45) is 2.54. The van der Waals surface area contributed by atoms with Crippen LogP contribution < -0.4 is 10.5 Å². The van der Waals surface area contributed by atoms with Crippen molar-refractivity contribution in [2.45, 2.75) is 25.9 Å². The Kier molecular flexibility index (Phi) is 4.99. The zero-order valence-electron chi connectivity index (χ0n) is 10.9. The monoisotopic (exact) mass is 323 g/mol. The average Bonchev–Trinajstić information content (AvgIpc) is 2.81. The molecule has 2 N–H and O–H groups in total. The van der Waals surface area contributed by atoms with Gasteiger partial charge in [0.2, 0.25) is 0 Å². The number of ether oxygens (including phenoxy) is 1. The fourth-order valence-electron chi connectivity index (χ4n) is 1.95. The molecule has 0 bridgehead atoms. The molecule has 0 saturated heterocycles. The molecule has 1 aromatic heterocycles. The Balaban J connectivity index is 1.91. The summed E-state index contributed by atoms with van der Waals surface area (Å²) in [5.74, 6) is 0.873. The first-order chi connectivity index (χ1) is 9.22. The topological polar surface area (TPSA) is 53.1 Å². The van der Waals surface area contributed by atoms with Gasteiger partial charge in [-0.3, -0.25) is 4.68 Å². The summed E-state index contributed by atoms with van der Waals surface area (Å²) < 4.78 is 8.54. The molecule has 0 amide bonds. The van der Waals surface area contributed by atoms with Crippen LogP contribution in [0.5, 0.6) is 5.75 Å². The zero-order chi connectivity index (χ0) is 13.7. The highest BCUT2D eigenvalue weighted by molar-refractivity contribution is 9.10. The lowest BCUT2D eigenvalue weighted by molar-refractivity contribution is 0.295. The van der Waals surface area contributed by atoms with E-state index in [1.54, 1.807) is 6.20 Å². The molecule has 19 heavy (non-hydrogen) atoms. The standard InChI is InChI=1S/C14H18BrN3O/c1-2-18-14(12(15)10-17-18)13(16)8-9-19-11-6-4-3-5-7-11/h3-7,10,13H,2,8-9,16H2,1H3. The highest BCUT2D eigenvalue weighted by Crippen LogP contribution is 2.24. The Labute approximate surface area is 121 Å². The van der Waals surface area contributed by atoms with Crippen LogP contribution in [0, 0.1) is 0 Å². The fraction of sp³-hybridized carbons (Fsp3) is 0.357. The van der Waals surface area contributed by atoms with E-state index in [4.69, 9.17) is 10.5 Å². The van der Waals surface area contributed by atoms with Gasteiger partial charge in [-0.15, -0.1) is 0 Å². The van der Waals surface area contributed by atoms with Gasteiger partial charge in [0.1, 0.15) is 5.75 Å². The zero-order valence-corrected chi connectivity index (χ0v) is 12.5. The number of rotatable bonds is 6. The summed E-state index contributed by atoms with van der Waals surface area (Å²) in [5, 5.41) is 4.27. The smallest absolute Gasteiger partial charge is 0.119 e. The van der Waals surface area contributed by atoms with E-state index in [1.807, 2.05) is 35.0 Å². The van der Waals surface area contributed by atoms with Crippen LogP contribution in [-0.2, 0) is 6.54 Å². The van der Waals surface area contributed by atoms with Crippen molar-refractivity contribution >= 4 is 15.9 Å². The van der Waals surface area contributed by atoms with E-state index in [9.17, 15) is 0 Å². The van der Waals surface area contributed by atoms with Crippen LogP contribution in [0.25, 0.3) is 0 Å². The van der Waals surface area contributed by atoms with Crippen molar-refractivity contribution in [3.8, 4) is 5.75 Å². The van der Waals surface area contributed by atoms with E-state index in [2.05, 4.69) is 28.0 Å². The molecule has 102 valence electrons. The van der Waals surface area contributed by atoms with Gasteiger partial charge in [-0.25, -0.2) is 0 Å². The van der Waals surface area contributed by atoms with E-state index >= 15 is 0 Å². The van der Waals surface area contributed by atoms with E-state index in [0.717, 1.165) is 28.9 Å². The van der Waals surface area contributed by atoms with E-state index in [1.165, 1.54) is 0 Å². The van der Waals surface area contributed by atoms with Gasteiger partial charge in [0.05, 0.1) is 29.0 Å². The predicted octanol–water partition coefficient (Wildman–Crippen LogP) is 3.13. The lowest BCUT2D eigenvalue weighted by atomic mass is 10.1. The molecule has 0 radical (unpaired) electrons. The Morgan fingerprint density at radius 2 is 2.11 bits per heavy atom. The number of hydrogen-bond donors (Lipinski definition) is 1. The maximum absolute atomic E-state index is 6.21. The molecule has 0 fully saturated rings. The molecule has 1 unspecified atom stereocenters. The van der Waals surface area contributed by atoms with Gasteiger partial charge in [-0.2, -0.15) is 5.10 Å². The minimum atomic E-state index is -0.0828. The third-order valence-electron chi connectivity index (χ3n) is 2.92. The largest absolute Gasteiger partial charge is 0.494 e. The summed E-state index contributed by atoms with van der Waals surface area (Å²) >= 11 is 3.49. The van der Waals surface area contributed by atoms with Crippen LogP contribution in [0.3, 0.4) is 0 Å². The summed E-state index contributed by atoms with van der Waals surface area (Å²) in [5.41, 5.74) is 7.24. The fourth-order valence-corrected chi connectivity index (χ4v) is 2.54. The highest BCUT2D eigenvalue weighted by Gasteiger charge is 2.15. The number of nitrogens with two attached hydrogens (primary N) is 1. The molecular formula is C14H18BrN3O. The van der Waals surface area contributed by atoms with Gasteiger partial charge in [0.25, 0.3) is 0 Å².